The second kappa shape index (κ2) is 10.2. The first kappa shape index (κ1) is 19.4. The van der Waals surface area contributed by atoms with Crippen LogP contribution in [0, 0.1) is 0 Å². The molecule has 0 bridgehead atoms. The normalized spacial score (nSPS) is 10.2. The van der Waals surface area contributed by atoms with Gasteiger partial charge in [0, 0.05) is 15.7 Å². The third-order valence-corrected chi connectivity index (χ3v) is 4.20. The fourth-order valence-electron chi connectivity index (χ4n) is 2.12. The first-order valence-corrected chi connectivity index (χ1v) is 9.39. The molecule has 0 radical (unpaired) electrons. The van der Waals surface area contributed by atoms with Gasteiger partial charge in [-0.2, -0.15) is 0 Å². The number of nitrogens with one attached hydrogen (secondary N) is 2. The largest absolute Gasteiger partial charge is 0.494 e. The van der Waals surface area contributed by atoms with Crippen molar-refractivity contribution < 1.29 is 9.53 Å². The molecule has 0 saturated heterocycles. The highest BCUT2D eigenvalue weighted by atomic mass is 79.9. The molecule has 2 rings (SSSR count). The van der Waals surface area contributed by atoms with Crippen molar-refractivity contribution in [2.24, 2.45) is 0 Å². The number of benzene rings is 2. The molecule has 4 nitrogen and oxygen atoms in total. The first-order valence-electron chi connectivity index (χ1n) is 8.19. The SMILES string of the molecule is CCCCCOc1ccc(C(=O)NC(=S)Nc2ccc(Br)cc2)cc1. The summed E-state index contributed by atoms with van der Waals surface area (Å²) in [5.41, 5.74) is 1.34. The van der Waals surface area contributed by atoms with Crippen LogP contribution in [-0.4, -0.2) is 17.6 Å². The minimum Gasteiger partial charge on any atom is -0.494 e. The van der Waals surface area contributed by atoms with Crippen LogP contribution < -0.4 is 15.4 Å². The summed E-state index contributed by atoms with van der Waals surface area (Å²) in [6.07, 6.45) is 3.36. The Labute approximate surface area is 162 Å². The molecular weight excluding hydrogens is 400 g/mol. The van der Waals surface area contributed by atoms with Crippen LogP contribution in [0.15, 0.2) is 53.0 Å². The lowest BCUT2D eigenvalue weighted by Gasteiger charge is -2.10. The van der Waals surface area contributed by atoms with Crippen LogP contribution in [0.2, 0.25) is 0 Å². The van der Waals surface area contributed by atoms with Crippen LogP contribution in [-0.2, 0) is 0 Å². The quantitative estimate of drug-likeness (QED) is 0.480. The number of amides is 1. The molecule has 2 aromatic carbocycles. The zero-order valence-electron chi connectivity index (χ0n) is 14.0. The highest BCUT2D eigenvalue weighted by molar-refractivity contribution is 9.10. The van der Waals surface area contributed by atoms with E-state index in [2.05, 4.69) is 33.5 Å². The summed E-state index contributed by atoms with van der Waals surface area (Å²) in [4.78, 5) is 12.2. The van der Waals surface area contributed by atoms with Gasteiger partial charge in [-0.25, -0.2) is 0 Å². The lowest BCUT2D eigenvalue weighted by Crippen LogP contribution is -2.34. The van der Waals surface area contributed by atoms with Crippen LogP contribution >= 0.6 is 28.1 Å². The molecule has 0 aliphatic carbocycles. The molecule has 1 amide bonds. The second-order valence-electron chi connectivity index (χ2n) is 5.50. The number of hydrogen-bond donors (Lipinski definition) is 2. The molecule has 25 heavy (non-hydrogen) atoms. The van der Waals surface area contributed by atoms with Crippen molar-refractivity contribution in [1.29, 1.82) is 0 Å². The fraction of sp³-hybridized carbons (Fsp3) is 0.263. The smallest absolute Gasteiger partial charge is 0.257 e. The van der Waals surface area contributed by atoms with Crippen molar-refractivity contribution in [1.82, 2.24) is 5.32 Å². The van der Waals surface area contributed by atoms with E-state index in [9.17, 15) is 4.79 Å². The minimum absolute atomic E-state index is 0.257. The molecular formula is C19H21BrN2O2S. The summed E-state index contributed by atoms with van der Waals surface area (Å²) in [5, 5.41) is 5.90. The maximum Gasteiger partial charge on any atom is 0.257 e. The highest BCUT2D eigenvalue weighted by Crippen LogP contribution is 2.15. The fourth-order valence-corrected chi connectivity index (χ4v) is 2.59. The van der Waals surface area contributed by atoms with Crippen LogP contribution in [0.1, 0.15) is 36.5 Å². The number of halogens is 1. The standard InChI is InChI=1S/C19H21BrN2O2S/c1-2-3-4-13-24-17-11-5-14(6-12-17)18(23)22-19(25)21-16-9-7-15(20)8-10-16/h5-12H,2-4,13H2,1H3,(H2,21,22,23,25). The van der Waals surface area contributed by atoms with Gasteiger partial charge in [-0.1, -0.05) is 35.7 Å². The van der Waals surface area contributed by atoms with Crippen LogP contribution in [0.5, 0.6) is 5.75 Å². The van der Waals surface area contributed by atoms with Gasteiger partial charge in [-0.15, -0.1) is 0 Å². The Morgan fingerprint density at radius 2 is 1.76 bits per heavy atom. The summed E-state index contributed by atoms with van der Waals surface area (Å²) >= 11 is 8.54. The Morgan fingerprint density at radius 3 is 2.40 bits per heavy atom. The zero-order chi connectivity index (χ0) is 18.1. The Hall–Kier alpha value is -1.92. The lowest BCUT2D eigenvalue weighted by molar-refractivity contribution is 0.0977. The molecule has 2 N–H and O–H groups in total. The third kappa shape index (κ3) is 6.84. The Balaban J connectivity index is 1.83. The van der Waals surface area contributed by atoms with E-state index in [0.717, 1.165) is 35.2 Å². The predicted molar refractivity (Wildman–Crippen MR) is 109 cm³/mol. The van der Waals surface area contributed by atoms with Crippen molar-refractivity contribution >= 4 is 44.9 Å². The van der Waals surface area contributed by atoms with E-state index in [0.29, 0.717) is 12.2 Å². The average molecular weight is 421 g/mol. The van der Waals surface area contributed by atoms with Gasteiger partial charge in [0.05, 0.1) is 6.61 Å². The minimum atomic E-state index is -0.257. The van der Waals surface area contributed by atoms with Gasteiger partial charge in [0.1, 0.15) is 5.75 Å². The Bertz CT molecular complexity index is 702. The van der Waals surface area contributed by atoms with E-state index >= 15 is 0 Å². The zero-order valence-corrected chi connectivity index (χ0v) is 16.5. The number of rotatable bonds is 7. The van der Waals surface area contributed by atoms with Crippen LogP contribution in [0.3, 0.4) is 0 Å². The molecule has 132 valence electrons. The average Bonchev–Trinajstić information content (AvgIpc) is 2.61. The summed E-state index contributed by atoms with van der Waals surface area (Å²) in [5.74, 6) is 0.510. The van der Waals surface area contributed by atoms with Crippen molar-refractivity contribution in [3.63, 3.8) is 0 Å². The number of carbonyl (C=O) groups is 1. The number of anilines is 1. The van der Waals surface area contributed by atoms with Gasteiger partial charge in [-0.05, 0) is 67.2 Å². The summed E-state index contributed by atoms with van der Waals surface area (Å²) in [6, 6.07) is 14.6. The highest BCUT2D eigenvalue weighted by Gasteiger charge is 2.08. The molecule has 0 aliphatic heterocycles. The number of ether oxygens (including phenoxy) is 1. The lowest BCUT2D eigenvalue weighted by atomic mass is 10.2. The summed E-state index contributed by atoms with van der Waals surface area (Å²) in [6.45, 7) is 2.85. The van der Waals surface area contributed by atoms with E-state index in [1.165, 1.54) is 0 Å². The second-order valence-corrected chi connectivity index (χ2v) is 6.82. The molecule has 0 unspecified atom stereocenters. The molecule has 0 aromatic heterocycles. The van der Waals surface area contributed by atoms with E-state index < -0.39 is 0 Å². The van der Waals surface area contributed by atoms with E-state index in [4.69, 9.17) is 17.0 Å². The van der Waals surface area contributed by atoms with Gasteiger partial charge < -0.3 is 10.1 Å². The van der Waals surface area contributed by atoms with Crippen molar-refractivity contribution in [2.45, 2.75) is 26.2 Å². The van der Waals surface area contributed by atoms with Crippen LogP contribution in [0.4, 0.5) is 5.69 Å². The number of carbonyl (C=O) groups excluding carboxylic acids is 1. The molecule has 6 heteroatoms. The molecule has 0 saturated carbocycles. The van der Waals surface area contributed by atoms with Crippen molar-refractivity contribution in [2.75, 3.05) is 11.9 Å². The first-order chi connectivity index (χ1) is 12.1. The van der Waals surface area contributed by atoms with E-state index in [1.807, 2.05) is 24.3 Å². The maximum absolute atomic E-state index is 12.2. The van der Waals surface area contributed by atoms with Gasteiger partial charge in [-0.3, -0.25) is 10.1 Å². The van der Waals surface area contributed by atoms with Crippen LogP contribution in [0.25, 0.3) is 0 Å². The number of thiocarbonyl (C=S) groups is 1. The number of unbranched alkanes of at least 4 members (excludes halogenated alkanes) is 2. The number of hydrogen-bond acceptors (Lipinski definition) is 3. The topological polar surface area (TPSA) is 50.4 Å². The van der Waals surface area contributed by atoms with Gasteiger partial charge in [0.25, 0.3) is 5.91 Å². The molecule has 0 fully saturated rings. The third-order valence-electron chi connectivity index (χ3n) is 3.46. The van der Waals surface area contributed by atoms with E-state index in [1.54, 1.807) is 24.3 Å². The van der Waals surface area contributed by atoms with Gasteiger partial charge in [0.15, 0.2) is 5.11 Å². The molecule has 0 aliphatic rings. The molecule has 0 atom stereocenters. The van der Waals surface area contributed by atoms with Crippen molar-refractivity contribution in [3.05, 3.63) is 58.6 Å². The summed E-state index contributed by atoms with van der Waals surface area (Å²) < 4.78 is 6.62. The summed E-state index contributed by atoms with van der Waals surface area (Å²) in [7, 11) is 0. The Morgan fingerprint density at radius 1 is 1.08 bits per heavy atom. The monoisotopic (exact) mass is 420 g/mol. The van der Waals surface area contributed by atoms with E-state index in [-0.39, 0.29) is 11.0 Å². The molecule has 0 spiro atoms. The van der Waals surface area contributed by atoms with Gasteiger partial charge in [0.2, 0.25) is 0 Å². The maximum atomic E-state index is 12.2. The van der Waals surface area contributed by atoms with Crippen molar-refractivity contribution in [3.8, 4) is 5.75 Å². The van der Waals surface area contributed by atoms with Gasteiger partial charge >= 0.3 is 0 Å². The molecule has 0 heterocycles. The predicted octanol–water partition coefficient (Wildman–Crippen LogP) is 5.14. The Kier molecular flexibility index (Phi) is 7.88. The molecule has 2 aromatic rings.